The van der Waals surface area contributed by atoms with Crippen molar-refractivity contribution < 1.29 is 0 Å². The molecule has 0 radical (unpaired) electrons. The molecule has 2 saturated carbocycles. The SMILES string of the molecule is CCCCCC1CCC(/C=C/C2C=CC(C3CCC(CCC)CC3)CC2)CC1. The molecule has 0 heteroatoms. The van der Waals surface area contributed by atoms with E-state index in [2.05, 4.69) is 38.2 Å². The zero-order valence-electron chi connectivity index (χ0n) is 19.1. The molecule has 3 rings (SSSR count). The molecule has 0 spiro atoms. The molecular formula is C28H48. The first-order valence-corrected chi connectivity index (χ1v) is 13.1. The van der Waals surface area contributed by atoms with Crippen LogP contribution in [0.25, 0.3) is 0 Å². The highest BCUT2D eigenvalue weighted by atomic mass is 14.3. The van der Waals surface area contributed by atoms with Crippen LogP contribution in [0.5, 0.6) is 0 Å². The van der Waals surface area contributed by atoms with Crippen LogP contribution >= 0.6 is 0 Å². The minimum absolute atomic E-state index is 0.731. The third kappa shape index (κ3) is 7.07. The lowest BCUT2D eigenvalue weighted by Gasteiger charge is -2.34. The van der Waals surface area contributed by atoms with Gasteiger partial charge in [0, 0.05) is 0 Å². The van der Waals surface area contributed by atoms with Gasteiger partial charge in [-0.15, -0.1) is 0 Å². The van der Waals surface area contributed by atoms with Crippen LogP contribution in [0, 0.1) is 35.5 Å². The molecule has 0 heterocycles. The Morgan fingerprint density at radius 1 is 0.643 bits per heavy atom. The molecule has 2 fully saturated rings. The van der Waals surface area contributed by atoms with Crippen LogP contribution in [-0.2, 0) is 0 Å². The minimum Gasteiger partial charge on any atom is -0.0848 e. The summed E-state index contributed by atoms with van der Waals surface area (Å²) in [6.45, 7) is 4.67. The predicted molar refractivity (Wildman–Crippen MR) is 124 cm³/mol. The van der Waals surface area contributed by atoms with Crippen LogP contribution in [0.2, 0.25) is 0 Å². The van der Waals surface area contributed by atoms with E-state index in [-0.39, 0.29) is 0 Å². The Morgan fingerprint density at radius 2 is 1.36 bits per heavy atom. The van der Waals surface area contributed by atoms with E-state index in [1.54, 1.807) is 0 Å². The first-order valence-electron chi connectivity index (χ1n) is 13.1. The van der Waals surface area contributed by atoms with Crippen LogP contribution in [0.1, 0.15) is 117 Å². The third-order valence-electron chi connectivity index (χ3n) is 8.37. The van der Waals surface area contributed by atoms with E-state index in [4.69, 9.17) is 0 Å². The molecule has 2 atom stereocenters. The third-order valence-corrected chi connectivity index (χ3v) is 8.37. The second-order valence-electron chi connectivity index (χ2n) is 10.5. The van der Waals surface area contributed by atoms with Crippen LogP contribution in [-0.4, -0.2) is 0 Å². The predicted octanol–water partition coefficient (Wildman–Crippen LogP) is 9.12. The Kier molecular flexibility index (Phi) is 9.69. The van der Waals surface area contributed by atoms with Crippen molar-refractivity contribution in [1.29, 1.82) is 0 Å². The second kappa shape index (κ2) is 12.2. The highest BCUT2D eigenvalue weighted by molar-refractivity contribution is 5.08. The number of hydrogen-bond acceptors (Lipinski definition) is 0. The van der Waals surface area contributed by atoms with E-state index in [9.17, 15) is 0 Å². The average molecular weight is 385 g/mol. The maximum atomic E-state index is 2.62. The average Bonchev–Trinajstić information content (AvgIpc) is 2.75. The molecule has 2 unspecified atom stereocenters. The lowest BCUT2D eigenvalue weighted by Crippen LogP contribution is -2.23. The van der Waals surface area contributed by atoms with Crippen molar-refractivity contribution in [1.82, 2.24) is 0 Å². The summed E-state index contributed by atoms with van der Waals surface area (Å²) in [5.41, 5.74) is 0. The Labute approximate surface area is 176 Å². The molecule has 0 aromatic rings. The molecule has 0 amide bonds. The van der Waals surface area contributed by atoms with Gasteiger partial charge in [-0.2, -0.15) is 0 Å². The minimum atomic E-state index is 0.731. The number of allylic oxidation sites excluding steroid dienone is 4. The van der Waals surface area contributed by atoms with Crippen molar-refractivity contribution in [2.75, 3.05) is 0 Å². The summed E-state index contributed by atoms with van der Waals surface area (Å²) in [7, 11) is 0. The summed E-state index contributed by atoms with van der Waals surface area (Å²) in [4.78, 5) is 0. The van der Waals surface area contributed by atoms with Gasteiger partial charge in [0.05, 0.1) is 0 Å². The Balaban J connectivity index is 1.34. The molecule has 0 saturated heterocycles. The molecule has 0 aromatic carbocycles. The van der Waals surface area contributed by atoms with Crippen molar-refractivity contribution in [3.05, 3.63) is 24.3 Å². The van der Waals surface area contributed by atoms with Gasteiger partial charge in [-0.1, -0.05) is 89.5 Å². The van der Waals surface area contributed by atoms with E-state index < -0.39 is 0 Å². The van der Waals surface area contributed by atoms with Gasteiger partial charge in [0.25, 0.3) is 0 Å². The smallest absolute Gasteiger partial charge is 0.00531 e. The fraction of sp³-hybridized carbons (Fsp3) is 0.857. The Bertz CT molecular complexity index is 456. The summed E-state index contributed by atoms with van der Waals surface area (Å²) < 4.78 is 0. The number of unbranched alkanes of at least 4 members (excludes halogenated alkanes) is 2. The second-order valence-corrected chi connectivity index (χ2v) is 10.5. The van der Waals surface area contributed by atoms with Crippen molar-refractivity contribution in [3.8, 4) is 0 Å². The van der Waals surface area contributed by atoms with Gasteiger partial charge in [0.1, 0.15) is 0 Å². The first kappa shape index (κ1) is 22.2. The topological polar surface area (TPSA) is 0 Å². The molecule has 0 aliphatic heterocycles. The fourth-order valence-corrected chi connectivity index (χ4v) is 6.38. The quantitative estimate of drug-likeness (QED) is 0.274. The maximum absolute atomic E-state index is 2.62. The van der Waals surface area contributed by atoms with Crippen LogP contribution in [0.4, 0.5) is 0 Å². The summed E-state index contributed by atoms with van der Waals surface area (Å²) in [6, 6.07) is 0. The van der Waals surface area contributed by atoms with Gasteiger partial charge in [0.2, 0.25) is 0 Å². The van der Waals surface area contributed by atoms with Gasteiger partial charge in [0.15, 0.2) is 0 Å². The van der Waals surface area contributed by atoms with Gasteiger partial charge in [-0.3, -0.25) is 0 Å². The summed E-state index contributed by atoms with van der Waals surface area (Å²) in [6.07, 6.45) is 33.7. The van der Waals surface area contributed by atoms with E-state index in [1.807, 2.05) is 0 Å². The van der Waals surface area contributed by atoms with Gasteiger partial charge >= 0.3 is 0 Å². The standard InChI is InChI=1S/C28H48/c1-3-5-6-8-24-9-11-25(12-10-24)13-14-26-17-21-28(22-18-26)27-19-15-23(7-4-2)16-20-27/h13-14,17,21,23-28H,3-12,15-16,18-20,22H2,1-2H3/b14-13+. The highest BCUT2D eigenvalue weighted by Crippen LogP contribution is 2.40. The molecular weight excluding hydrogens is 336 g/mol. The monoisotopic (exact) mass is 384 g/mol. The Hall–Kier alpha value is -0.520. The lowest BCUT2D eigenvalue weighted by atomic mass is 9.71. The Morgan fingerprint density at radius 3 is 2.00 bits per heavy atom. The normalized spacial score (nSPS) is 36.8. The summed E-state index contributed by atoms with van der Waals surface area (Å²) >= 11 is 0. The van der Waals surface area contributed by atoms with Gasteiger partial charge < -0.3 is 0 Å². The fourth-order valence-electron chi connectivity index (χ4n) is 6.38. The highest BCUT2D eigenvalue weighted by Gasteiger charge is 2.27. The van der Waals surface area contributed by atoms with E-state index in [0.29, 0.717) is 0 Å². The molecule has 160 valence electrons. The molecule has 0 bridgehead atoms. The van der Waals surface area contributed by atoms with E-state index >= 15 is 0 Å². The molecule has 28 heavy (non-hydrogen) atoms. The largest absolute Gasteiger partial charge is 0.0848 e. The molecule has 3 aliphatic carbocycles. The molecule has 3 aliphatic rings. The van der Waals surface area contributed by atoms with Crippen molar-refractivity contribution in [3.63, 3.8) is 0 Å². The van der Waals surface area contributed by atoms with E-state index in [1.165, 1.54) is 103 Å². The van der Waals surface area contributed by atoms with E-state index in [0.717, 1.165) is 35.5 Å². The van der Waals surface area contributed by atoms with Crippen LogP contribution < -0.4 is 0 Å². The maximum Gasteiger partial charge on any atom is -0.00531 e. The molecule has 0 nitrogen and oxygen atoms in total. The van der Waals surface area contributed by atoms with Gasteiger partial charge in [-0.05, 0) is 86.9 Å². The zero-order valence-corrected chi connectivity index (χ0v) is 19.1. The van der Waals surface area contributed by atoms with Gasteiger partial charge in [-0.25, -0.2) is 0 Å². The van der Waals surface area contributed by atoms with Crippen molar-refractivity contribution in [2.45, 2.75) is 117 Å². The van der Waals surface area contributed by atoms with Crippen molar-refractivity contribution >= 4 is 0 Å². The zero-order chi connectivity index (χ0) is 19.6. The molecule has 0 aromatic heterocycles. The number of hydrogen-bond donors (Lipinski definition) is 0. The van der Waals surface area contributed by atoms with Crippen LogP contribution in [0.3, 0.4) is 0 Å². The summed E-state index contributed by atoms with van der Waals surface area (Å²) in [5.74, 6) is 5.59. The summed E-state index contributed by atoms with van der Waals surface area (Å²) in [5, 5.41) is 0. The number of rotatable bonds is 9. The van der Waals surface area contributed by atoms with Crippen LogP contribution in [0.15, 0.2) is 24.3 Å². The van der Waals surface area contributed by atoms with Crippen molar-refractivity contribution in [2.24, 2.45) is 35.5 Å². The lowest BCUT2D eigenvalue weighted by molar-refractivity contribution is 0.207. The first-order chi connectivity index (χ1) is 13.8. The molecule has 0 N–H and O–H groups in total.